The average Bonchev–Trinajstić information content (AvgIpc) is 2.49. The molecule has 0 spiro atoms. The van der Waals surface area contributed by atoms with E-state index in [1.165, 1.54) is 33.5 Å². The van der Waals surface area contributed by atoms with Crippen LogP contribution in [0.4, 0.5) is 0 Å². The molecule has 7 heteroatoms. The lowest BCUT2D eigenvalue weighted by Crippen LogP contribution is -2.11. The van der Waals surface area contributed by atoms with Crippen LogP contribution in [0.2, 0.25) is 0 Å². The molecule has 0 aromatic heterocycles. The fraction of sp³-hybridized carbons (Fsp3) is 0.846. The minimum absolute atomic E-state index is 0.152. The number of hydrogen-bond acceptors (Lipinski definition) is 6. The molecule has 0 saturated heterocycles. The molecule has 116 valence electrons. The largest absolute Gasteiger partial charge is 0.469 e. The van der Waals surface area contributed by atoms with Crippen LogP contribution in [0.5, 0.6) is 0 Å². The Kier molecular flexibility index (Phi) is 12.4. The molecule has 1 aliphatic carbocycles. The van der Waals surface area contributed by atoms with Crippen molar-refractivity contribution in [3.05, 3.63) is 0 Å². The number of esters is 2. The minimum Gasteiger partial charge on any atom is -0.469 e. The Labute approximate surface area is 121 Å². The van der Waals surface area contributed by atoms with Gasteiger partial charge in [-0.3, -0.25) is 14.1 Å². The third-order valence-corrected chi connectivity index (χ3v) is 3.35. The van der Waals surface area contributed by atoms with Gasteiger partial charge in [-0.05, 0) is 19.3 Å². The van der Waals surface area contributed by atoms with Gasteiger partial charge in [-0.25, -0.2) is 4.57 Å². The summed E-state index contributed by atoms with van der Waals surface area (Å²) >= 11 is 0. The molecule has 20 heavy (non-hydrogen) atoms. The molecule has 0 aromatic rings. The van der Waals surface area contributed by atoms with E-state index in [4.69, 9.17) is 4.52 Å². The summed E-state index contributed by atoms with van der Waals surface area (Å²) in [6, 6.07) is 0. The number of ether oxygens (including phenoxy) is 2. The van der Waals surface area contributed by atoms with E-state index < -0.39 is 0 Å². The molecule has 0 bridgehead atoms. The van der Waals surface area contributed by atoms with Gasteiger partial charge >= 0.3 is 20.6 Å². The van der Waals surface area contributed by atoms with Crippen LogP contribution in [-0.4, -0.2) is 32.3 Å². The first-order valence-electron chi connectivity index (χ1n) is 6.76. The first-order chi connectivity index (χ1) is 9.63. The monoisotopic (exact) mass is 306 g/mol. The van der Waals surface area contributed by atoms with E-state index in [-0.39, 0.29) is 39.6 Å². The van der Waals surface area contributed by atoms with Gasteiger partial charge in [0.05, 0.1) is 20.3 Å². The average molecular weight is 306 g/mol. The molecular weight excluding hydrogens is 283 g/mol. The Morgan fingerprint density at radius 2 is 1.50 bits per heavy atom. The fourth-order valence-corrected chi connectivity index (χ4v) is 2.15. The Morgan fingerprint density at radius 3 is 1.90 bits per heavy atom. The summed E-state index contributed by atoms with van der Waals surface area (Å²) in [5.41, 5.74) is 0. The SMILES string of the molecule is COC(=O)CCCC(=O)OC.O=POC1CCCCC1. The number of hydrogen-bond donors (Lipinski definition) is 0. The molecule has 0 unspecified atom stereocenters. The third kappa shape index (κ3) is 10.9. The molecular formula is C13H23O6P. The lowest BCUT2D eigenvalue weighted by atomic mass is 9.98. The van der Waals surface area contributed by atoms with Gasteiger partial charge in [0.25, 0.3) is 0 Å². The van der Waals surface area contributed by atoms with Crippen LogP contribution in [0.25, 0.3) is 0 Å². The first-order valence-corrected chi connectivity index (χ1v) is 7.49. The second kappa shape index (κ2) is 13.0. The topological polar surface area (TPSA) is 78.9 Å². The standard InChI is InChI=1S/C7H12O4.C6H11O2P/c1-10-6(8)4-3-5-7(9)11-2;7-9-8-6-4-2-1-3-5-6/h3-5H2,1-2H3;6H,1-5H2. The van der Waals surface area contributed by atoms with E-state index in [1.54, 1.807) is 0 Å². The van der Waals surface area contributed by atoms with Crippen molar-refractivity contribution in [2.24, 2.45) is 0 Å². The maximum absolute atomic E-state index is 10.5. The van der Waals surface area contributed by atoms with E-state index in [2.05, 4.69) is 9.47 Å². The predicted octanol–water partition coefficient (Wildman–Crippen LogP) is 3.05. The summed E-state index contributed by atoms with van der Waals surface area (Å²) in [7, 11) is 2.49. The molecule has 0 aromatic carbocycles. The maximum Gasteiger partial charge on any atom is 0.327 e. The summed E-state index contributed by atoms with van der Waals surface area (Å²) in [5.74, 6) is -0.595. The molecule has 0 radical (unpaired) electrons. The lowest BCUT2D eigenvalue weighted by Gasteiger charge is -2.17. The highest BCUT2D eigenvalue weighted by Gasteiger charge is 2.13. The van der Waals surface area contributed by atoms with E-state index in [0.717, 1.165) is 12.8 Å². The van der Waals surface area contributed by atoms with Gasteiger partial charge < -0.3 is 9.47 Å². The molecule has 0 heterocycles. The molecule has 0 atom stereocenters. The minimum atomic E-state index is -0.297. The number of carbonyl (C=O) groups is 2. The van der Waals surface area contributed by atoms with Gasteiger partial charge in [0.1, 0.15) is 0 Å². The van der Waals surface area contributed by atoms with Crippen molar-refractivity contribution in [1.82, 2.24) is 0 Å². The van der Waals surface area contributed by atoms with Crippen molar-refractivity contribution >= 4 is 20.6 Å². The maximum atomic E-state index is 10.5. The van der Waals surface area contributed by atoms with Crippen molar-refractivity contribution in [3.63, 3.8) is 0 Å². The number of carbonyl (C=O) groups excluding carboxylic acids is 2. The van der Waals surface area contributed by atoms with Crippen molar-refractivity contribution in [2.45, 2.75) is 57.5 Å². The Bertz CT molecular complexity index is 273. The second-order valence-corrected chi connectivity index (χ2v) is 4.81. The van der Waals surface area contributed by atoms with Crippen molar-refractivity contribution < 1.29 is 28.2 Å². The molecule has 1 aliphatic rings. The first kappa shape index (κ1) is 19.0. The van der Waals surface area contributed by atoms with Crippen LogP contribution < -0.4 is 0 Å². The zero-order valence-electron chi connectivity index (χ0n) is 12.1. The highest BCUT2D eigenvalue weighted by Crippen LogP contribution is 2.22. The smallest absolute Gasteiger partial charge is 0.327 e. The van der Waals surface area contributed by atoms with E-state index in [1.807, 2.05) is 0 Å². The van der Waals surface area contributed by atoms with Crippen LogP contribution >= 0.6 is 8.69 Å². The fourth-order valence-electron chi connectivity index (χ4n) is 1.81. The van der Waals surface area contributed by atoms with Crippen LogP contribution in [0.1, 0.15) is 51.4 Å². The molecule has 6 nitrogen and oxygen atoms in total. The normalized spacial score (nSPS) is 15.1. The second-order valence-electron chi connectivity index (χ2n) is 4.45. The van der Waals surface area contributed by atoms with Gasteiger partial charge in [0, 0.05) is 12.8 Å². The molecule has 1 fully saturated rings. The van der Waals surface area contributed by atoms with Gasteiger partial charge in [-0.1, -0.05) is 19.3 Å². The van der Waals surface area contributed by atoms with Gasteiger partial charge in [-0.15, -0.1) is 0 Å². The van der Waals surface area contributed by atoms with Crippen molar-refractivity contribution in [1.29, 1.82) is 0 Å². The summed E-state index contributed by atoms with van der Waals surface area (Å²) in [5, 5.41) is 0. The highest BCUT2D eigenvalue weighted by molar-refractivity contribution is 7.17. The summed E-state index contributed by atoms with van der Waals surface area (Å²) < 4.78 is 23.6. The van der Waals surface area contributed by atoms with Crippen LogP contribution in [0.15, 0.2) is 0 Å². The summed E-state index contributed by atoms with van der Waals surface area (Å²) in [4.78, 5) is 21.0. The van der Waals surface area contributed by atoms with Gasteiger partial charge in [0.15, 0.2) is 0 Å². The highest BCUT2D eigenvalue weighted by atomic mass is 31.1. The van der Waals surface area contributed by atoms with Crippen LogP contribution in [-0.2, 0) is 28.2 Å². The quantitative estimate of drug-likeness (QED) is 0.554. The Hall–Kier alpha value is -1.00. The Balaban J connectivity index is 0.000000367. The van der Waals surface area contributed by atoms with Crippen LogP contribution in [0.3, 0.4) is 0 Å². The molecule has 1 rings (SSSR count). The van der Waals surface area contributed by atoms with Gasteiger partial charge in [0.2, 0.25) is 0 Å². The lowest BCUT2D eigenvalue weighted by molar-refractivity contribution is -0.142. The number of methoxy groups -OCH3 is 2. The summed E-state index contributed by atoms with van der Waals surface area (Å²) in [6.45, 7) is 0. The van der Waals surface area contributed by atoms with E-state index in [9.17, 15) is 14.2 Å². The Morgan fingerprint density at radius 1 is 1.00 bits per heavy atom. The van der Waals surface area contributed by atoms with Gasteiger partial charge in [-0.2, -0.15) is 0 Å². The van der Waals surface area contributed by atoms with Crippen molar-refractivity contribution in [2.75, 3.05) is 14.2 Å². The molecule has 0 amide bonds. The zero-order chi connectivity index (χ0) is 15.2. The molecule has 0 N–H and O–H groups in total. The molecule has 1 saturated carbocycles. The molecule has 0 aliphatic heterocycles. The zero-order valence-corrected chi connectivity index (χ0v) is 13.0. The van der Waals surface area contributed by atoms with E-state index in [0.29, 0.717) is 6.42 Å². The van der Waals surface area contributed by atoms with Crippen molar-refractivity contribution in [3.8, 4) is 0 Å². The number of rotatable bonds is 6. The summed E-state index contributed by atoms with van der Waals surface area (Å²) in [6.07, 6.45) is 7.27. The third-order valence-electron chi connectivity index (χ3n) is 2.96. The van der Waals surface area contributed by atoms with E-state index >= 15 is 0 Å². The predicted molar refractivity (Wildman–Crippen MR) is 73.4 cm³/mol. The van der Waals surface area contributed by atoms with Crippen LogP contribution in [0, 0.1) is 0 Å².